The molecule has 0 amide bonds. The lowest BCUT2D eigenvalue weighted by Crippen LogP contribution is -1.96. The van der Waals surface area contributed by atoms with Crippen molar-refractivity contribution in [2.45, 2.75) is 46.0 Å². The minimum atomic E-state index is 0.631. The van der Waals surface area contributed by atoms with E-state index in [1.54, 1.807) is 0 Å². The van der Waals surface area contributed by atoms with Gasteiger partial charge in [0.25, 0.3) is 0 Å². The van der Waals surface area contributed by atoms with Crippen LogP contribution < -0.4 is 0 Å². The average Bonchev–Trinajstić information content (AvgIpc) is 2.46. The number of rotatable bonds is 5. The predicted molar refractivity (Wildman–Crippen MR) is 83.7 cm³/mol. The van der Waals surface area contributed by atoms with Crippen LogP contribution in [0.25, 0.3) is 0 Å². The second-order valence-corrected chi connectivity index (χ2v) is 5.52. The molecular weight excluding hydrogens is 228 g/mol. The average molecular weight is 252 g/mol. The summed E-state index contributed by atoms with van der Waals surface area (Å²) in [6.45, 7) is 6.67. The van der Waals surface area contributed by atoms with Gasteiger partial charge in [-0.2, -0.15) is 0 Å². The molecule has 0 nitrogen and oxygen atoms in total. The summed E-state index contributed by atoms with van der Waals surface area (Å²) in [5.74, 6) is 0.631. The van der Waals surface area contributed by atoms with Crippen LogP contribution in [-0.4, -0.2) is 0 Å². The lowest BCUT2D eigenvalue weighted by molar-refractivity contribution is 0.679. The Bertz CT molecular complexity index is 491. The van der Waals surface area contributed by atoms with Gasteiger partial charge in [0.05, 0.1) is 0 Å². The predicted octanol–water partition coefficient (Wildman–Crippen LogP) is 5.29. The lowest BCUT2D eigenvalue weighted by atomic mass is 9.93. The molecule has 0 saturated heterocycles. The second kappa shape index (κ2) is 6.56. The third-order valence-electron chi connectivity index (χ3n) is 3.94. The second-order valence-electron chi connectivity index (χ2n) is 5.52. The molecule has 0 heteroatoms. The molecule has 0 radical (unpaired) electrons. The highest BCUT2D eigenvalue weighted by molar-refractivity contribution is 5.25. The molecule has 1 atom stereocenters. The first-order valence-corrected chi connectivity index (χ1v) is 7.33. The van der Waals surface area contributed by atoms with Crippen LogP contribution in [0, 0.1) is 6.92 Å². The van der Waals surface area contributed by atoms with E-state index < -0.39 is 0 Å². The maximum atomic E-state index is 2.32. The highest BCUT2D eigenvalue weighted by Crippen LogP contribution is 2.21. The van der Waals surface area contributed by atoms with Crippen LogP contribution in [0.1, 0.15) is 48.4 Å². The number of hydrogen-bond acceptors (Lipinski definition) is 0. The van der Waals surface area contributed by atoms with Crippen molar-refractivity contribution >= 4 is 0 Å². The Morgan fingerprint density at radius 3 is 2.00 bits per heavy atom. The van der Waals surface area contributed by atoms with E-state index in [-0.39, 0.29) is 0 Å². The summed E-state index contributed by atoms with van der Waals surface area (Å²) in [6.07, 6.45) is 3.51. The van der Waals surface area contributed by atoms with Crippen molar-refractivity contribution in [3.63, 3.8) is 0 Å². The van der Waals surface area contributed by atoms with Crippen LogP contribution in [0.5, 0.6) is 0 Å². The molecule has 2 aromatic rings. The molecule has 0 fully saturated rings. The monoisotopic (exact) mass is 252 g/mol. The molecule has 0 aliphatic carbocycles. The van der Waals surface area contributed by atoms with Crippen molar-refractivity contribution in [2.75, 3.05) is 0 Å². The molecule has 0 saturated carbocycles. The third-order valence-corrected chi connectivity index (χ3v) is 3.94. The fraction of sp³-hybridized carbons (Fsp3) is 0.368. The lowest BCUT2D eigenvalue weighted by Gasteiger charge is -2.12. The topological polar surface area (TPSA) is 0 Å². The summed E-state index contributed by atoms with van der Waals surface area (Å²) in [6, 6.07) is 18.0. The van der Waals surface area contributed by atoms with Gasteiger partial charge < -0.3 is 0 Å². The van der Waals surface area contributed by atoms with E-state index in [0.717, 1.165) is 6.42 Å². The Morgan fingerprint density at radius 2 is 1.42 bits per heavy atom. The Kier molecular flexibility index (Phi) is 4.79. The van der Waals surface area contributed by atoms with Gasteiger partial charge in [0, 0.05) is 0 Å². The van der Waals surface area contributed by atoms with E-state index in [4.69, 9.17) is 0 Å². The largest absolute Gasteiger partial charge is 0.0613 e. The smallest absolute Gasteiger partial charge is 0.0187 e. The van der Waals surface area contributed by atoms with Gasteiger partial charge in [-0.25, -0.2) is 0 Å². The third kappa shape index (κ3) is 3.96. The van der Waals surface area contributed by atoms with Gasteiger partial charge in [0.15, 0.2) is 0 Å². The van der Waals surface area contributed by atoms with Crippen LogP contribution in [0.2, 0.25) is 0 Å². The van der Waals surface area contributed by atoms with E-state index in [2.05, 4.69) is 69.3 Å². The van der Waals surface area contributed by atoms with Crippen molar-refractivity contribution in [1.29, 1.82) is 0 Å². The van der Waals surface area contributed by atoms with E-state index >= 15 is 0 Å². The van der Waals surface area contributed by atoms with Gasteiger partial charge in [-0.15, -0.1) is 0 Å². The Labute approximate surface area is 117 Å². The molecule has 19 heavy (non-hydrogen) atoms. The first kappa shape index (κ1) is 13.9. The van der Waals surface area contributed by atoms with Crippen LogP contribution in [0.3, 0.4) is 0 Å². The van der Waals surface area contributed by atoms with Gasteiger partial charge in [-0.3, -0.25) is 0 Å². The Morgan fingerprint density at radius 1 is 0.842 bits per heavy atom. The fourth-order valence-electron chi connectivity index (χ4n) is 2.39. The highest BCUT2D eigenvalue weighted by Gasteiger charge is 2.05. The summed E-state index contributed by atoms with van der Waals surface area (Å²) in [7, 11) is 0. The normalized spacial score (nSPS) is 12.4. The minimum Gasteiger partial charge on any atom is -0.0613 e. The SMILES string of the molecule is CCc1ccc(CCC(C)c2ccc(C)cc2)cc1. The molecule has 2 rings (SSSR count). The number of benzene rings is 2. The van der Waals surface area contributed by atoms with Crippen LogP contribution in [0.4, 0.5) is 0 Å². The first-order valence-electron chi connectivity index (χ1n) is 7.33. The Balaban J connectivity index is 1.92. The summed E-state index contributed by atoms with van der Waals surface area (Å²) >= 11 is 0. The molecule has 0 aromatic heterocycles. The van der Waals surface area contributed by atoms with Crippen molar-refractivity contribution in [2.24, 2.45) is 0 Å². The fourth-order valence-corrected chi connectivity index (χ4v) is 2.39. The van der Waals surface area contributed by atoms with E-state index in [0.29, 0.717) is 5.92 Å². The summed E-state index contributed by atoms with van der Waals surface area (Å²) < 4.78 is 0. The molecule has 2 aromatic carbocycles. The van der Waals surface area contributed by atoms with Gasteiger partial charge in [0.2, 0.25) is 0 Å². The van der Waals surface area contributed by atoms with E-state index in [1.165, 1.54) is 35.1 Å². The first-order chi connectivity index (χ1) is 9.19. The molecule has 0 aliphatic rings. The zero-order valence-corrected chi connectivity index (χ0v) is 12.3. The Hall–Kier alpha value is -1.56. The molecule has 0 spiro atoms. The maximum Gasteiger partial charge on any atom is -0.0187 e. The zero-order chi connectivity index (χ0) is 13.7. The van der Waals surface area contributed by atoms with Gasteiger partial charge in [-0.05, 0) is 48.8 Å². The van der Waals surface area contributed by atoms with Crippen molar-refractivity contribution < 1.29 is 0 Å². The molecular formula is C19H24. The molecule has 100 valence electrons. The van der Waals surface area contributed by atoms with Gasteiger partial charge in [-0.1, -0.05) is 67.9 Å². The number of aryl methyl sites for hydroxylation is 3. The van der Waals surface area contributed by atoms with Crippen molar-refractivity contribution in [1.82, 2.24) is 0 Å². The van der Waals surface area contributed by atoms with Crippen molar-refractivity contribution in [3.05, 3.63) is 70.8 Å². The van der Waals surface area contributed by atoms with E-state index in [9.17, 15) is 0 Å². The van der Waals surface area contributed by atoms with Crippen LogP contribution >= 0.6 is 0 Å². The summed E-state index contributed by atoms with van der Waals surface area (Å²) in [5, 5.41) is 0. The zero-order valence-electron chi connectivity index (χ0n) is 12.3. The molecule has 1 unspecified atom stereocenters. The quantitative estimate of drug-likeness (QED) is 0.678. The molecule has 0 heterocycles. The summed E-state index contributed by atoms with van der Waals surface area (Å²) in [4.78, 5) is 0. The minimum absolute atomic E-state index is 0.631. The number of hydrogen-bond donors (Lipinski definition) is 0. The molecule has 0 bridgehead atoms. The maximum absolute atomic E-state index is 2.32. The standard InChI is InChI=1S/C19H24/c1-4-17-9-11-18(12-10-17)8-7-16(3)19-13-5-15(2)6-14-19/h5-6,9-14,16H,4,7-8H2,1-3H3. The molecule has 0 aliphatic heterocycles. The molecule has 0 N–H and O–H groups in total. The van der Waals surface area contributed by atoms with Crippen LogP contribution in [-0.2, 0) is 12.8 Å². The van der Waals surface area contributed by atoms with E-state index in [1.807, 2.05) is 0 Å². The van der Waals surface area contributed by atoms with Gasteiger partial charge in [0.1, 0.15) is 0 Å². The van der Waals surface area contributed by atoms with Gasteiger partial charge >= 0.3 is 0 Å². The summed E-state index contributed by atoms with van der Waals surface area (Å²) in [5.41, 5.74) is 5.67. The highest BCUT2D eigenvalue weighted by atomic mass is 14.1. The van der Waals surface area contributed by atoms with Crippen LogP contribution in [0.15, 0.2) is 48.5 Å². The van der Waals surface area contributed by atoms with Crippen molar-refractivity contribution in [3.8, 4) is 0 Å².